The maximum Gasteiger partial charge on any atom is 0.264 e. The van der Waals surface area contributed by atoms with E-state index in [1.54, 1.807) is 53.0 Å². The average Bonchev–Trinajstić information content (AvgIpc) is 3.15. The van der Waals surface area contributed by atoms with E-state index in [-0.39, 0.29) is 11.4 Å². The summed E-state index contributed by atoms with van der Waals surface area (Å²) in [7, 11) is -2.41. The molecular weight excluding hydrogens is 414 g/mol. The molecule has 2 aromatic carbocycles. The van der Waals surface area contributed by atoms with Crippen molar-refractivity contribution in [3.63, 3.8) is 0 Å². The molecule has 160 valence electrons. The molecule has 0 aliphatic carbocycles. The highest BCUT2D eigenvalue weighted by molar-refractivity contribution is 7.92. The van der Waals surface area contributed by atoms with Crippen LogP contribution in [0, 0.1) is 20.8 Å². The second-order valence-electron chi connectivity index (χ2n) is 7.28. The normalized spacial score (nSPS) is 11.6. The Labute approximate surface area is 181 Å². The van der Waals surface area contributed by atoms with Gasteiger partial charge in [-0.1, -0.05) is 29.8 Å². The van der Waals surface area contributed by atoms with Crippen molar-refractivity contribution in [2.75, 3.05) is 11.4 Å². The standard InChI is InChI=1S/C22H23N5O3S/c1-15-9-11-18(12-10-15)31(28,29)26(19-7-5-6-8-20(19)30-4)14-21-24-22-23-16(2)13-17(3)27(22)25-21/h5-13H,14H2,1-4H3. The smallest absolute Gasteiger partial charge is 0.264 e. The number of hydrogen-bond donors (Lipinski definition) is 0. The molecular formula is C22H23N5O3S. The molecule has 8 nitrogen and oxygen atoms in total. The molecule has 9 heteroatoms. The number of anilines is 1. The molecule has 0 saturated heterocycles. The third kappa shape index (κ3) is 3.96. The highest BCUT2D eigenvalue weighted by Gasteiger charge is 2.29. The minimum Gasteiger partial charge on any atom is -0.495 e. The predicted octanol–water partition coefficient (Wildman–Crippen LogP) is 3.45. The predicted molar refractivity (Wildman–Crippen MR) is 118 cm³/mol. The first-order valence-corrected chi connectivity index (χ1v) is 11.2. The van der Waals surface area contributed by atoms with Crippen LogP contribution in [0.25, 0.3) is 5.78 Å². The zero-order valence-electron chi connectivity index (χ0n) is 17.8. The molecule has 0 N–H and O–H groups in total. The lowest BCUT2D eigenvalue weighted by molar-refractivity contribution is 0.415. The Bertz CT molecular complexity index is 1350. The Morgan fingerprint density at radius 2 is 1.71 bits per heavy atom. The molecule has 0 saturated carbocycles. The van der Waals surface area contributed by atoms with Crippen molar-refractivity contribution in [2.24, 2.45) is 0 Å². The van der Waals surface area contributed by atoms with E-state index in [4.69, 9.17) is 4.74 Å². The van der Waals surface area contributed by atoms with Gasteiger partial charge < -0.3 is 4.74 Å². The lowest BCUT2D eigenvalue weighted by Crippen LogP contribution is -2.31. The number of fused-ring (bicyclic) bond motifs is 1. The van der Waals surface area contributed by atoms with Crippen molar-refractivity contribution in [2.45, 2.75) is 32.2 Å². The van der Waals surface area contributed by atoms with Gasteiger partial charge in [0.15, 0.2) is 5.82 Å². The van der Waals surface area contributed by atoms with Gasteiger partial charge in [-0.05, 0) is 51.1 Å². The first-order valence-electron chi connectivity index (χ1n) is 9.72. The molecule has 0 spiro atoms. The minimum atomic E-state index is -3.91. The Balaban J connectivity index is 1.85. The second-order valence-corrected chi connectivity index (χ2v) is 9.14. The molecule has 2 aromatic heterocycles. The molecule has 0 aliphatic rings. The molecule has 0 unspecified atom stereocenters. The monoisotopic (exact) mass is 437 g/mol. The lowest BCUT2D eigenvalue weighted by atomic mass is 10.2. The van der Waals surface area contributed by atoms with Crippen molar-refractivity contribution in [1.82, 2.24) is 19.6 Å². The van der Waals surface area contributed by atoms with Crippen molar-refractivity contribution >= 4 is 21.5 Å². The number of nitrogens with zero attached hydrogens (tertiary/aromatic N) is 5. The summed E-state index contributed by atoms with van der Waals surface area (Å²) >= 11 is 0. The summed E-state index contributed by atoms with van der Waals surface area (Å²) in [6.07, 6.45) is 0. The van der Waals surface area contributed by atoms with Gasteiger partial charge in [-0.15, -0.1) is 5.10 Å². The summed E-state index contributed by atoms with van der Waals surface area (Å²) in [6.45, 7) is 5.62. The molecule has 4 rings (SSSR count). The molecule has 0 radical (unpaired) electrons. The molecule has 0 aliphatic heterocycles. The fraction of sp³-hybridized carbons (Fsp3) is 0.227. The number of ether oxygens (including phenoxy) is 1. The van der Waals surface area contributed by atoms with Crippen LogP contribution in [0.1, 0.15) is 22.8 Å². The molecule has 4 aromatic rings. The van der Waals surface area contributed by atoms with Crippen LogP contribution in [0.5, 0.6) is 5.75 Å². The number of aromatic nitrogens is 4. The van der Waals surface area contributed by atoms with Gasteiger partial charge in [0.05, 0.1) is 24.2 Å². The highest BCUT2D eigenvalue weighted by Crippen LogP contribution is 2.33. The third-order valence-corrected chi connectivity index (χ3v) is 6.68. The van der Waals surface area contributed by atoms with Gasteiger partial charge in [0.1, 0.15) is 5.75 Å². The quantitative estimate of drug-likeness (QED) is 0.459. The van der Waals surface area contributed by atoms with Gasteiger partial charge in [-0.25, -0.2) is 17.9 Å². The van der Waals surface area contributed by atoms with Crippen LogP contribution in [0.2, 0.25) is 0 Å². The van der Waals surface area contributed by atoms with Crippen LogP contribution in [-0.2, 0) is 16.6 Å². The van der Waals surface area contributed by atoms with E-state index in [1.165, 1.54) is 11.4 Å². The minimum absolute atomic E-state index is 0.0710. The topological polar surface area (TPSA) is 89.7 Å². The SMILES string of the molecule is COc1ccccc1N(Cc1nc2nc(C)cc(C)n2n1)S(=O)(=O)c1ccc(C)cc1. The summed E-state index contributed by atoms with van der Waals surface area (Å²) in [4.78, 5) is 9.05. The van der Waals surface area contributed by atoms with Gasteiger partial charge >= 0.3 is 0 Å². The summed E-state index contributed by atoms with van der Waals surface area (Å²) in [6, 6.07) is 15.6. The Hall–Kier alpha value is -3.46. The lowest BCUT2D eigenvalue weighted by Gasteiger charge is -2.25. The van der Waals surface area contributed by atoms with Gasteiger partial charge in [-0.3, -0.25) is 4.31 Å². The van der Waals surface area contributed by atoms with E-state index in [1.807, 2.05) is 26.8 Å². The van der Waals surface area contributed by atoms with Gasteiger partial charge in [0.25, 0.3) is 15.8 Å². The molecule has 0 fully saturated rings. The Morgan fingerprint density at radius 3 is 2.42 bits per heavy atom. The molecule has 31 heavy (non-hydrogen) atoms. The molecule has 2 heterocycles. The van der Waals surface area contributed by atoms with E-state index >= 15 is 0 Å². The van der Waals surface area contributed by atoms with E-state index in [9.17, 15) is 8.42 Å². The van der Waals surface area contributed by atoms with Crippen LogP contribution >= 0.6 is 0 Å². The van der Waals surface area contributed by atoms with E-state index in [0.29, 0.717) is 23.0 Å². The average molecular weight is 438 g/mol. The molecule has 0 atom stereocenters. The highest BCUT2D eigenvalue weighted by atomic mass is 32.2. The van der Waals surface area contributed by atoms with Crippen LogP contribution in [0.3, 0.4) is 0 Å². The van der Waals surface area contributed by atoms with E-state index in [2.05, 4.69) is 15.1 Å². The van der Waals surface area contributed by atoms with Crippen LogP contribution in [-0.4, -0.2) is 35.1 Å². The summed E-state index contributed by atoms with van der Waals surface area (Å²) < 4.78 is 35.6. The van der Waals surface area contributed by atoms with Gasteiger partial charge in [-0.2, -0.15) is 4.98 Å². The van der Waals surface area contributed by atoms with E-state index in [0.717, 1.165) is 17.0 Å². The number of sulfonamides is 1. The zero-order chi connectivity index (χ0) is 22.2. The van der Waals surface area contributed by atoms with Crippen molar-refractivity contribution in [3.05, 3.63) is 77.4 Å². The Morgan fingerprint density at radius 1 is 1.00 bits per heavy atom. The largest absolute Gasteiger partial charge is 0.495 e. The summed E-state index contributed by atoms with van der Waals surface area (Å²) in [5.74, 6) is 1.20. The number of benzene rings is 2. The maximum atomic E-state index is 13.6. The number of para-hydroxylation sites is 2. The van der Waals surface area contributed by atoms with Crippen LogP contribution in [0.4, 0.5) is 5.69 Å². The number of aryl methyl sites for hydroxylation is 3. The van der Waals surface area contributed by atoms with E-state index < -0.39 is 10.0 Å². The molecule has 0 bridgehead atoms. The van der Waals surface area contributed by atoms with Crippen LogP contribution < -0.4 is 9.04 Å². The summed E-state index contributed by atoms with van der Waals surface area (Å²) in [5, 5.41) is 4.49. The first-order chi connectivity index (χ1) is 14.8. The summed E-state index contributed by atoms with van der Waals surface area (Å²) in [5.41, 5.74) is 3.07. The van der Waals surface area contributed by atoms with Gasteiger partial charge in [0, 0.05) is 11.4 Å². The van der Waals surface area contributed by atoms with Crippen molar-refractivity contribution < 1.29 is 13.2 Å². The number of methoxy groups -OCH3 is 1. The second kappa shape index (κ2) is 7.99. The van der Waals surface area contributed by atoms with Crippen molar-refractivity contribution in [1.29, 1.82) is 0 Å². The molecule has 0 amide bonds. The van der Waals surface area contributed by atoms with Crippen LogP contribution in [0.15, 0.2) is 59.5 Å². The first kappa shape index (κ1) is 20.8. The number of rotatable bonds is 6. The third-order valence-electron chi connectivity index (χ3n) is 4.91. The number of hydrogen-bond acceptors (Lipinski definition) is 6. The fourth-order valence-electron chi connectivity index (χ4n) is 3.38. The van der Waals surface area contributed by atoms with Gasteiger partial charge in [0.2, 0.25) is 0 Å². The van der Waals surface area contributed by atoms with Crippen molar-refractivity contribution in [3.8, 4) is 5.75 Å². The Kier molecular flexibility index (Phi) is 5.36. The maximum absolute atomic E-state index is 13.6. The zero-order valence-corrected chi connectivity index (χ0v) is 18.6. The fourth-order valence-corrected chi connectivity index (χ4v) is 4.81.